The molecular weight excluding hydrogens is 336 g/mol. The second kappa shape index (κ2) is 8.25. The first-order chi connectivity index (χ1) is 13.3. The topological polar surface area (TPSA) is 59.1 Å². The highest BCUT2D eigenvalue weighted by Gasteiger charge is 2.15. The highest BCUT2D eigenvalue weighted by atomic mass is 16.5. The molecule has 1 saturated carbocycles. The summed E-state index contributed by atoms with van der Waals surface area (Å²) in [5.41, 5.74) is 2.05. The minimum absolute atomic E-state index is 0.474. The lowest BCUT2D eigenvalue weighted by atomic mass is 9.96. The van der Waals surface area contributed by atoms with Gasteiger partial charge in [0.2, 0.25) is 5.95 Å². The molecule has 4 rings (SSSR count). The van der Waals surface area contributed by atoms with Gasteiger partial charge in [0.25, 0.3) is 0 Å². The van der Waals surface area contributed by atoms with E-state index in [0.29, 0.717) is 18.5 Å². The molecule has 1 aliphatic rings. The molecule has 3 aromatic rings. The second-order valence-electron chi connectivity index (χ2n) is 7.06. The number of anilines is 2. The van der Waals surface area contributed by atoms with Crippen molar-refractivity contribution in [1.82, 2.24) is 9.97 Å². The van der Waals surface area contributed by atoms with Crippen molar-refractivity contribution in [3.63, 3.8) is 0 Å². The van der Waals surface area contributed by atoms with Gasteiger partial charge in [-0.2, -0.15) is 4.98 Å². The predicted molar refractivity (Wildman–Crippen MR) is 110 cm³/mol. The number of para-hydroxylation sites is 2. The van der Waals surface area contributed by atoms with Crippen LogP contribution >= 0.6 is 0 Å². The predicted octanol–water partition coefficient (Wildman–Crippen LogP) is 5.00. The molecule has 0 radical (unpaired) electrons. The van der Waals surface area contributed by atoms with Gasteiger partial charge in [-0.15, -0.1) is 0 Å². The molecule has 0 spiro atoms. The van der Waals surface area contributed by atoms with E-state index in [0.717, 1.165) is 28.0 Å². The summed E-state index contributed by atoms with van der Waals surface area (Å²) in [7, 11) is 1.70. The lowest BCUT2D eigenvalue weighted by Crippen LogP contribution is -2.23. The third kappa shape index (κ3) is 4.13. The van der Waals surface area contributed by atoms with E-state index in [1.54, 1.807) is 7.11 Å². The minimum Gasteiger partial charge on any atom is -0.496 e. The van der Waals surface area contributed by atoms with E-state index in [1.165, 1.54) is 32.1 Å². The van der Waals surface area contributed by atoms with Crippen molar-refractivity contribution < 1.29 is 4.74 Å². The number of ether oxygens (including phenoxy) is 1. The zero-order chi connectivity index (χ0) is 18.5. The smallest absolute Gasteiger partial charge is 0.225 e. The quantitative estimate of drug-likeness (QED) is 0.646. The largest absolute Gasteiger partial charge is 0.496 e. The molecule has 2 aromatic carbocycles. The normalized spacial score (nSPS) is 14.9. The number of methoxy groups -OCH3 is 1. The first-order valence-corrected chi connectivity index (χ1v) is 9.72. The highest BCUT2D eigenvalue weighted by Crippen LogP contribution is 2.26. The average Bonchev–Trinajstić information content (AvgIpc) is 2.73. The molecule has 5 heteroatoms. The van der Waals surface area contributed by atoms with Gasteiger partial charge in [0, 0.05) is 23.5 Å². The second-order valence-corrected chi connectivity index (χ2v) is 7.06. The summed E-state index contributed by atoms with van der Waals surface area (Å²) in [6, 6.07) is 16.7. The van der Waals surface area contributed by atoms with E-state index in [2.05, 4.69) is 22.8 Å². The lowest BCUT2D eigenvalue weighted by Gasteiger charge is -2.23. The third-order valence-electron chi connectivity index (χ3n) is 5.18. The fourth-order valence-electron chi connectivity index (χ4n) is 3.73. The maximum absolute atomic E-state index is 5.46. The van der Waals surface area contributed by atoms with Crippen LogP contribution in [0, 0.1) is 0 Å². The van der Waals surface area contributed by atoms with E-state index < -0.39 is 0 Å². The van der Waals surface area contributed by atoms with Crippen molar-refractivity contribution in [2.75, 3.05) is 17.7 Å². The van der Waals surface area contributed by atoms with Crippen molar-refractivity contribution in [3.05, 3.63) is 54.1 Å². The Morgan fingerprint density at radius 2 is 1.74 bits per heavy atom. The van der Waals surface area contributed by atoms with Crippen molar-refractivity contribution in [2.45, 2.75) is 44.7 Å². The standard InChI is InChI=1S/C22H26N4O/c1-27-20-14-8-5-9-16(20)15-23-21-18-12-6-7-13-19(18)25-22(26-21)24-17-10-3-2-4-11-17/h5-9,12-14,17H,2-4,10-11,15H2,1H3,(H2,23,24,25,26). The Labute approximate surface area is 160 Å². The molecular formula is C22H26N4O. The molecule has 0 aliphatic heterocycles. The van der Waals surface area contributed by atoms with Gasteiger partial charge in [-0.25, -0.2) is 4.98 Å². The molecule has 1 heterocycles. The Morgan fingerprint density at radius 1 is 0.963 bits per heavy atom. The molecule has 0 unspecified atom stereocenters. The summed E-state index contributed by atoms with van der Waals surface area (Å²) in [5, 5.41) is 8.06. The summed E-state index contributed by atoms with van der Waals surface area (Å²) in [6.07, 6.45) is 6.29. The zero-order valence-electron chi connectivity index (χ0n) is 15.7. The van der Waals surface area contributed by atoms with Crippen molar-refractivity contribution >= 4 is 22.7 Å². The van der Waals surface area contributed by atoms with Crippen LogP contribution < -0.4 is 15.4 Å². The first-order valence-electron chi connectivity index (χ1n) is 9.72. The summed E-state index contributed by atoms with van der Waals surface area (Å²) in [6.45, 7) is 0.647. The number of aromatic nitrogens is 2. The summed E-state index contributed by atoms with van der Waals surface area (Å²) in [4.78, 5) is 9.52. The highest BCUT2D eigenvalue weighted by molar-refractivity contribution is 5.90. The number of rotatable bonds is 6. The summed E-state index contributed by atoms with van der Waals surface area (Å²) in [5.74, 6) is 2.44. The van der Waals surface area contributed by atoms with Gasteiger partial charge in [-0.05, 0) is 31.0 Å². The molecule has 0 saturated heterocycles. The fourth-order valence-corrected chi connectivity index (χ4v) is 3.73. The SMILES string of the molecule is COc1ccccc1CNc1nc(NC2CCCCC2)nc2ccccc12. The van der Waals surface area contributed by atoms with Crippen LogP contribution in [0.1, 0.15) is 37.7 Å². The number of hydrogen-bond donors (Lipinski definition) is 2. The van der Waals surface area contributed by atoms with Gasteiger partial charge in [-0.1, -0.05) is 49.6 Å². The number of fused-ring (bicyclic) bond motifs is 1. The summed E-state index contributed by atoms with van der Waals surface area (Å²) >= 11 is 0. The number of benzene rings is 2. The molecule has 1 fully saturated rings. The monoisotopic (exact) mass is 362 g/mol. The molecule has 2 N–H and O–H groups in total. The van der Waals surface area contributed by atoms with Gasteiger partial charge < -0.3 is 15.4 Å². The van der Waals surface area contributed by atoms with E-state index in [1.807, 2.05) is 36.4 Å². The van der Waals surface area contributed by atoms with Crippen molar-refractivity contribution in [2.24, 2.45) is 0 Å². The van der Waals surface area contributed by atoms with Gasteiger partial charge in [-0.3, -0.25) is 0 Å². The van der Waals surface area contributed by atoms with Crippen LogP contribution in [0.25, 0.3) is 10.9 Å². The molecule has 1 aliphatic carbocycles. The Hall–Kier alpha value is -2.82. The molecule has 1 aromatic heterocycles. The minimum atomic E-state index is 0.474. The Bertz CT molecular complexity index is 906. The third-order valence-corrected chi connectivity index (χ3v) is 5.18. The maximum Gasteiger partial charge on any atom is 0.225 e. The Morgan fingerprint density at radius 3 is 2.59 bits per heavy atom. The van der Waals surface area contributed by atoms with E-state index >= 15 is 0 Å². The molecule has 27 heavy (non-hydrogen) atoms. The fraction of sp³-hybridized carbons (Fsp3) is 0.364. The Kier molecular flexibility index (Phi) is 5.37. The van der Waals surface area contributed by atoms with E-state index in [-0.39, 0.29) is 0 Å². The van der Waals surface area contributed by atoms with Crippen LogP contribution in [0.2, 0.25) is 0 Å². The average molecular weight is 362 g/mol. The van der Waals surface area contributed by atoms with Crippen LogP contribution in [0.5, 0.6) is 5.75 Å². The van der Waals surface area contributed by atoms with E-state index in [9.17, 15) is 0 Å². The van der Waals surface area contributed by atoms with Gasteiger partial charge >= 0.3 is 0 Å². The van der Waals surface area contributed by atoms with E-state index in [4.69, 9.17) is 14.7 Å². The Balaban J connectivity index is 1.60. The molecule has 0 bridgehead atoms. The van der Waals surface area contributed by atoms with Crippen LogP contribution in [-0.2, 0) is 6.54 Å². The molecule has 0 atom stereocenters. The first kappa shape index (κ1) is 17.6. The van der Waals surface area contributed by atoms with Crippen LogP contribution in [0.15, 0.2) is 48.5 Å². The van der Waals surface area contributed by atoms with Crippen molar-refractivity contribution in [1.29, 1.82) is 0 Å². The van der Waals surface area contributed by atoms with Gasteiger partial charge in [0.1, 0.15) is 11.6 Å². The lowest BCUT2D eigenvalue weighted by molar-refractivity contribution is 0.410. The summed E-state index contributed by atoms with van der Waals surface area (Å²) < 4.78 is 5.46. The number of nitrogens with one attached hydrogen (secondary N) is 2. The molecule has 5 nitrogen and oxygen atoms in total. The van der Waals surface area contributed by atoms with Crippen LogP contribution in [0.4, 0.5) is 11.8 Å². The van der Waals surface area contributed by atoms with Crippen LogP contribution in [-0.4, -0.2) is 23.1 Å². The van der Waals surface area contributed by atoms with Gasteiger partial charge in [0.05, 0.1) is 12.6 Å². The van der Waals surface area contributed by atoms with Gasteiger partial charge in [0.15, 0.2) is 0 Å². The molecule has 0 amide bonds. The molecule has 140 valence electrons. The maximum atomic E-state index is 5.46. The zero-order valence-corrected chi connectivity index (χ0v) is 15.7. The number of nitrogens with zero attached hydrogens (tertiary/aromatic N) is 2. The number of hydrogen-bond acceptors (Lipinski definition) is 5. The van der Waals surface area contributed by atoms with Crippen molar-refractivity contribution in [3.8, 4) is 5.75 Å². The van der Waals surface area contributed by atoms with Crippen LogP contribution in [0.3, 0.4) is 0 Å².